The van der Waals surface area contributed by atoms with Gasteiger partial charge in [0.15, 0.2) is 0 Å². The van der Waals surface area contributed by atoms with Crippen LogP contribution in [0, 0.1) is 23.7 Å². The molecule has 0 aromatic heterocycles. The van der Waals surface area contributed by atoms with Crippen LogP contribution in [-0.2, 0) is 32.2 Å². The third-order valence-corrected chi connectivity index (χ3v) is 12.5. The van der Waals surface area contributed by atoms with Gasteiger partial charge in [0, 0.05) is 9.79 Å². The van der Waals surface area contributed by atoms with Crippen molar-refractivity contribution in [3.8, 4) is 0 Å². The van der Waals surface area contributed by atoms with Gasteiger partial charge in [-0.15, -0.1) is 6.58 Å². The minimum atomic E-state index is -0.892. The molecule has 0 radical (unpaired) electrons. The van der Waals surface area contributed by atoms with Crippen molar-refractivity contribution in [2.75, 3.05) is 6.61 Å². The van der Waals surface area contributed by atoms with E-state index < -0.39 is 12.2 Å². The van der Waals surface area contributed by atoms with Gasteiger partial charge in [-0.05, 0) is 59.1 Å². The summed E-state index contributed by atoms with van der Waals surface area (Å²) in [6, 6.07) is 40.9. The first-order chi connectivity index (χ1) is 25.3. The molecule has 4 aromatic rings. The molecule has 4 aromatic carbocycles. The zero-order valence-electron chi connectivity index (χ0n) is 30.6. The van der Waals surface area contributed by atoms with E-state index in [4.69, 9.17) is 18.9 Å². The van der Waals surface area contributed by atoms with Crippen LogP contribution in [0.25, 0.3) is 0 Å². The van der Waals surface area contributed by atoms with Crippen molar-refractivity contribution >= 4 is 23.5 Å². The SMILES string of the molecule is C=CC1O[C@H](Sc2ccccc2)[C@H](OCc2ccccc2)C(C)[C@@H]1C.CC1[C@H](C)C([C@H](O)CO)O[C@H](Sc2ccccc2)[C@@H]1OCc1ccccc1. The van der Waals surface area contributed by atoms with Gasteiger partial charge in [0.2, 0.25) is 0 Å². The van der Waals surface area contributed by atoms with Crippen LogP contribution < -0.4 is 0 Å². The van der Waals surface area contributed by atoms with Crippen LogP contribution in [0.1, 0.15) is 38.8 Å². The van der Waals surface area contributed by atoms with Gasteiger partial charge in [0.1, 0.15) is 17.0 Å². The summed E-state index contributed by atoms with van der Waals surface area (Å²) in [5.74, 6) is 1.02. The van der Waals surface area contributed by atoms with E-state index in [9.17, 15) is 10.2 Å². The Morgan fingerprint density at radius 1 is 0.615 bits per heavy atom. The van der Waals surface area contributed by atoms with Crippen LogP contribution in [0.2, 0.25) is 0 Å². The molecule has 8 heteroatoms. The molecule has 2 aliphatic rings. The standard InChI is InChI=1S/C22H28O4S.C22H26O2S/c1-15-16(2)21(25-14-17-9-5-3-6-10-17)22(26-20(15)19(24)13-23)27-18-11-7-4-8-12-18;1-4-20-16(2)17(3)21(23-15-18-11-7-5-8-12-18)22(24-20)25-19-13-9-6-10-14-19/h3-12,15-16,19-24H,13-14H2,1-2H3;4-14,16-17,20-22H,1,15H2,2-3H3/t15-,16?,19+,20?,21+,22+;16-,17?,20?,21+,22+/m00/s1. The van der Waals surface area contributed by atoms with Crippen molar-refractivity contribution in [3.05, 3.63) is 145 Å². The van der Waals surface area contributed by atoms with E-state index in [0.717, 1.165) is 10.5 Å². The lowest BCUT2D eigenvalue weighted by atomic mass is 9.82. The van der Waals surface area contributed by atoms with Gasteiger partial charge in [-0.2, -0.15) is 0 Å². The number of aliphatic hydroxyl groups excluding tert-OH is 2. The molecule has 2 saturated heterocycles. The average molecular weight is 743 g/mol. The summed E-state index contributed by atoms with van der Waals surface area (Å²) in [4.78, 5) is 2.29. The van der Waals surface area contributed by atoms with Gasteiger partial charge in [0.25, 0.3) is 0 Å². The summed E-state index contributed by atoms with van der Waals surface area (Å²) in [5.41, 5.74) is 2.02. The third kappa shape index (κ3) is 11.1. The van der Waals surface area contributed by atoms with Crippen molar-refractivity contribution in [1.29, 1.82) is 0 Å². The molecule has 0 aliphatic carbocycles. The zero-order valence-corrected chi connectivity index (χ0v) is 32.3. The van der Waals surface area contributed by atoms with E-state index in [1.165, 1.54) is 10.5 Å². The number of rotatable bonds is 13. The predicted molar refractivity (Wildman–Crippen MR) is 212 cm³/mol. The molecule has 4 unspecified atom stereocenters. The number of hydrogen-bond donors (Lipinski definition) is 2. The summed E-state index contributed by atoms with van der Waals surface area (Å²) in [6.45, 7) is 13.4. The first-order valence-corrected chi connectivity index (χ1v) is 20.0. The fraction of sp³-hybridized carbons (Fsp3) is 0.409. The normalized spacial score (nSPS) is 29.3. The molecule has 2 N–H and O–H groups in total. The van der Waals surface area contributed by atoms with E-state index in [-0.39, 0.29) is 47.6 Å². The summed E-state index contributed by atoms with van der Waals surface area (Å²) < 4.78 is 25.3. The third-order valence-electron chi connectivity index (χ3n) is 10.2. The van der Waals surface area contributed by atoms with Gasteiger partial charge < -0.3 is 29.2 Å². The van der Waals surface area contributed by atoms with Crippen LogP contribution in [0.4, 0.5) is 0 Å². The Bertz CT molecular complexity index is 1580. The minimum Gasteiger partial charge on any atom is -0.394 e. The maximum atomic E-state index is 10.2. The predicted octanol–water partition coefficient (Wildman–Crippen LogP) is 9.26. The monoisotopic (exact) mass is 742 g/mol. The number of hydrogen-bond acceptors (Lipinski definition) is 8. The van der Waals surface area contributed by atoms with Gasteiger partial charge >= 0.3 is 0 Å². The van der Waals surface area contributed by atoms with Gasteiger partial charge in [0.05, 0.1) is 44.2 Å². The maximum Gasteiger partial charge on any atom is 0.134 e. The van der Waals surface area contributed by atoms with Crippen molar-refractivity contribution in [2.24, 2.45) is 23.7 Å². The second-order valence-corrected chi connectivity index (χ2v) is 16.1. The fourth-order valence-corrected chi connectivity index (χ4v) is 9.12. The molecule has 2 fully saturated rings. The number of ether oxygens (including phenoxy) is 4. The van der Waals surface area contributed by atoms with Crippen LogP contribution in [0.5, 0.6) is 0 Å². The van der Waals surface area contributed by atoms with E-state index >= 15 is 0 Å². The van der Waals surface area contributed by atoms with Crippen LogP contribution >= 0.6 is 23.5 Å². The van der Waals surface area contributed by atoms with Crippen LogP contribution in [-0.4, -0.2) is 58.2 Å². The Kier molecular flexibility index (Phi) is 15.9. The highest BCUT2D eigenvalue weighted by Gasteiger charge is 2.45. The van der Waals surface area contributed by atoms with Crippen LogP contribution in [0.15, 0.2) is 144 Å². The van der Waals surface area contributed by atoms with Crippen molar-refractivity contribution in [1.82, 2.24) is 0 Å². The summed E-state index contributed by atoms with van der Waals surface area (Å²) in [6.07, 6.45) is 0.601. The number of thioether (sulfide) groups is 2. The molecule has 6 rings (SSSR count). The van der Waals surface area contributed by atoms with Gasteiger partial charge in [-0.25, -0.2) is 0 Å². The highest BCUT2D eigenvalue weighted by molar-refractivity contribution is 8.00. The number of benzene rings is 4. The summed E-state index contributed by atoms with van der Waals surface area (Å²) in [7, 11) is 0. The molecular weight excluding hydrogens is 689 g/mol. The van der Waals surface area contributed by atoms with E-state index in [1.807, 2.05) is 78.9 Å². The van der Waals surface area contributed by atoms with Crippen molar-refractivity contribution in [3.63, 3.8) is 0 Å². The number of aliphatic hydroxyl groups is 2. The lowest BCUT2D eigenvalue weighted by Gasteiger charge is -2.45. The van der Waals surface area contributed by atoms with E-state index in [2.05, 4.69) is 82.8 Å². The Labute approximate surface area is 318 Å². The molecule has 278 valence electrons. The summed E-state index contributed by atoms with van der Waals surface area (Å²) >= 11 is 3.34. The molecule has 2 aliphatic heterocycles. The van der Waals surface area contributed by atoms with E-state index in [1.54, 1.807) is 23.5 Å². The topological polar surface area (TPSA) is 77.4 Å². The Morgan fingerprint density at radius 2 is 1.02 bits per heavy atom. The summed E-state index contributed by atoms with van der Waals surface area (Å²) in [5, 5.41) is 19.6. The lowest BCUT2D eigenvalue weighted by molar-refractivity contribution is -0.190. The van der Waals surface area contributed by atoms with Crippen molar-refractivity contribution < 1.29 is 29.2 Å². The highest BCUT2D eigenvalue weighted by atomic mass is 32.2. The van der Waals surface area contributed by atoms with Gasteiger partial charge in [-0.1, -0.05) is 154 Å². The quantitative estimate of drug-likeness (QED) is 0.131. The molecule has 52 heavy (non-hydrogen) atoms. The molecule has 0 amide bonds. The second-order valence-electron chi connectivity index (χ2n) is 13.7. The maximum absolute atomic E-state index is 10.2. The van der Waals surface area contributed by atoms with E-state index in [0.29, 0.717) is 25.0 Å². The van der Waals surface area contributed by atoms with Crippen molar-refractivity contribution in [2.45, 2.75) is 92.1 Å². The molecular formula is C44H54O6S2. The minimum absolute atomic E-state index is 0.0385. The molecule has 2 heterocycles. The molecule has 11 atom stereocenters. The van der Waals surface area contributed by atoms with Crippen LogP contribution in [0.3, 0.4) is 0 Å². The first kappa shape index (κ1) is 40.3. The second kappa shape index (κ2) is 20.5. The Hall–Kier alpha value is -2.92. The molecule has 6 nitrogen and oxygen atoms in total. The molecule has 0 bridgehead atoms. The fourth-order valence-electron chi connectivity index (χ4n) is 6.67. The first-order valence-electron chi connectivity index (χ1n) is 18.3. The zero-order chi connectivity index (χ0) is 36.9. The lowest BCUT2D eigenvalue weighted by Crippen LogP contribution is -2.53. The molecule has 0 saturated carbocycles. The average Bonchev–Trinajstić information content (AvgIpc) is 3.18. The largest absolute Gasteiger partial charge is 0.394 e. The van der Waals surface area contributed by atoms with Gasteiger partial charge in [-0.3, -0.25) is 0 Å². The molecule has 0 spiro atoms. The highest BCUT2D eigenvalue weighted by Crippen LogP contribution is 2.42. The Balaban J connectivity index is 0.000000202. The Morgan fingerprint density at radius 3 is 1.44 bits per heavy atom. The smallest absolute Gasteiger partial charge is 0.134 e.